The van der Waals surface area contributed by atoms with E-state index >= 15 is 0 Å². The molecule has 6 rings (SSSR count). The van der Waals surface area contributed by atoms with Crippen molar-refractivity contribution in [2.45, 2.75) is 38.0 Å². The van der Waals surface area contributed by atoms with Gasteiger partial charge in [-0.3, -0.25) is 19.4 Å². The van der Waals surface area contributed by atoms with Crippen LogP contribution in [0.4, 0.5) is 0 Å². The van der Waals surface area contributed by atoms with Crippen LogP contribution in [0.25, 0.3) is 33.4 Å². The number of nitrogens with zero attached hydrogens (tertiary/aromatic N) is 4. The van der Waals surface area contributed by atoms with Crippen molar-refractivity contribution in [2.75, 3.05) is 0 Å². The second-order valence-electron chi connectivity index (χ2n) is 9.67. The Morgan fingerprint density at radius 2 is 2.08 bits per heavy atom. The average molecular weight is 510 g/mol. The lowest BCUT2D eigenvalue weighted by Gasteiger charge is -2.33. The molecule has 0 spiro atoms. The Bertz CT molecular complexity index is 1580. The van der Waals surface area contributed by atoms with Gasteiger partial charge in [0.15, 0.2) is 0 Å². The number of carbonyl (C=O) groups excluding carboxylic acids is 1. The van der Waals surface area contributed by atoms with E-state index in [0.29, 0.717) is 11.3 Å². The first-order valence-corrected chi connectivity index (χ1v) is 13.1. The number of allylic oxidation sites excluding steroid dienone is 2. The van der Waals surface area contributed by atoms with Gasteiger partial charge in [-0.25, -0.2) is 0 Å². The van der Waals surface area contributed by atoms with E-state index in [2.05, 4.69) is 26.8 Å². The van der Waals surface area contributed by atoms with E-state index in [4.69, 9.17) is 15.0 Å². The van der Waals surface area contributed by atoms with Crippen LogP contribution >= 0.6 is 12.0 Å². The smallest absolute Gasteiger partial charge is 0.244 e. The van der Waals surface area contributed by atoms with Crippen molar-refractivity contribution in [3.8, 4) is 28.3 Å². The van der Waals surface area contributed by atoms with Gasteiger partial charge >= 0.3 is 0 Å². The molecule has 37 heavy (non-hydrogen) atoms. The summed E-state index contributed by atoms with van der Waals surface area (Å²) in [6.45, 7) is 4.96. The molecule has 2 N–H and O–H groups in total. The highest BCUT2D eigenvalue weighted by atomic mass is 32.2. The van der Waals surface area contributed by atoms with Crippen molar-refractivity contribution in [3.05, 3.63) is 84.4 Å². The molecule has 2 aliphatic rings. The maximum atomic E-state index is 11.8. The largest absolute Gasteiger partial charge is 0.425 e. The SMILES string of the molecule is CC1C(C(N)=O)=CC=CC1(C)SOc1ccc2c(-c3c(-c4ccccn4)nn4c3CCC4)ccnc2c1. The van der Waals surface area contributed by atoms with Gasteiger partial charge in [0.2, 0.25) is 5.91 Å². The summed E-state index contributed by atoms with van der Waals surface area (Å²) in [5, 5.41) is 5.98. The van der Waals surface area contributed by atoms with Crippen LogP contribution in [0.2, 0.25) is 0 Å². The monoisotopic (exact) mass is 509 g/mol. The van der Waals surface area contributed by atoms with Crippen LogP contribution < -0.4 is 9.92 Å². The molecule has 0 radical (unpaired) electrons. The molecule has 186 valence electrons. The summed E-state index contributed by atoms with van der Waals surface area (Å²) in [5.74, 6) is 0.215. The maximum Gasteiger partial charge on any atom is 0.244 e. The fourth-order valence-corrected chi connectivity index (χ4v) is 5.95. The number of hydrogen-bond donors (Lipinski definition) is 1. The number of hydrogen-bond acceptors (Lipinski definition) is 6. The van der Waals surface area contributed by atoms with Crippen molar-refractivity contribution in [1.29, 1.82) is 0 Å². The number of primary amides is 1. The van der Waals surface area contributed by atoms with Gasteiger partial charge in [0, 0.05) is 53.1 Å². The Balaban J connectivity index is 1.34. The van der Waals surface area contributed by atoms with Crippen LogP contribution in [0.1, 0.15) is 26.0 Å². The number of nitrogens with two attached hydrogens (primary N) is 1. The zero-order chi connectivity index (χ0) is 25.6. The molecule has 0 fully saturated rings. The van der Waals surface area contributed by atoms with Crippen LogP contribution in [0.5, 0.6) is 5.75 Å². The number of pyridine rings is 2. The number of fused-ring (bicyclic) bond motifs is 2. The van der Waals surface area contributed by atoms with Gasteiger partial charge in [-0.05, 0) is 55.7 Å². The van der Waals surface area contributed by atoms with Gasteiger partial charge < -0.3 is 9.92 Å². The van der Waals surface area contributed by atoms with Gasteiger partial charge in [-0.1, -0.05) is 31.2 Å². The minimum atomic E-state index is -0.431. The first-order chi connectivity index (χ1) is 17.9. The van der Waals surface area contributed by atoms with Crippen LogP contribution in [0.15, 0.2) is 78.7 Å². The van der Waals surface area contributed by atoms with Crippen LogP contribution in [0.3, 0.4) is 0 Å². The zero-order valence-electron chi connectivity index (χ0n) is 20.7. The summed E-state index contributed by atoms with van der Waals surface area (Å²) >= 11 is 1.32. The van der Waals surface area contributed by atoms with E-state index in [1.165, 1.54) is 17.7 Å². The van der Waals surface area contributed by atoms with E-state index < -0.39 is 10.7 Å². The van der Waals surface area contributed by atoms with Gasteiger partial charge in [0.05, 0.1) is 28.0 Å². The Kier molecular flexibility index (Phi) is 5.83. The third-order valence-electron chi connectivity index (χ3n) is 7.36. The molecule has 2 unspecified atom stereocenters. The minimum Gasteiger partial charge on any atom is -0.425 e. The lowest BCUT2D eigenvalue weighted by molar-refractivity contribution is -0.115. The van der Waals surface area contributed by atoms with Crippen molar-refractivity contribution in [3.63, 3.8) is 0 Å². The molecule has 3 aromatic heterocycles. The van der Waals surface area contributed by atoms with Gasteiger partial charge in [0.25, 0.3) is 0 Å². The van der Waals surface area contributed by atoms with E-state index in [-0.39, 0.29) is 5.92 Å². The summed E-state index contributed by atoms with van der Waals surface area (Å²) in [6, 6.07) is 14.0. The highest BCUT2D eigenvalue weighted by molar-refractivity contribution is 7.96. The zero-order valence-corrected chi connectivity index (χ0v) is 21.5. The number of rotatable bonds is 6. The number of carbonyl (C=O) groups is 1. The number of aryl methyl sites for hydroxylation is 1. The molecule has 2 atom stereocenters. The second kappa shape index (κ2) is 9.19. The molecule has 1 aromatic carbocycles. The molecule has 7 nitrogen and oxygen atoms in total. The van der Waals surface area contributed by atoms with E-state index in [9.17, 15) is 4.79 Å². The molecular weight excluding hydrogens is 482 g/mol. The fraction of sp³-hybridized carbons (Fsp3) is 0.241. The predicted molar refractivity (Wildman–Crippen MR) is 147 cm³/mol. The third-order valence-corrected chi connectivity index (χ3v) is 8.49. The normalized spacial score (nSPS) is 20.6. The summed E-state index contributed by atoms with van der Waals surface area (Å²) in [6.07, 6.45) is 11.4. The van der Waals surface area contributed by atoms with E-state index in [1.54, 1.807) is 12.3 Å². The molecule has 4 aromatic rings. The van der Waals surface area contributed by atoms with Crippen LogP contribution in [-0.4, -0.2) is 30.4 Å². The van der Waals surface area contributed by atoms with Crippen LogP contribution in [0, 0.1) is 5.92 Å². The molecule has 4 heterocycles. The number of aromatic nitrogens is 4. The highest BCUT2D eigenvalue weighted by Crippen LogP contribution is 2.43. The topological polar surface area (TPSA) is 95.9 Å². The lowest BCUT2D eigenvalue weighted by Crippen LogP contribution is -2.35. The lowest BCUT2D eigenvalue weighted by atomic mass is 9.83. The first-order valence-electron chi connectivity index (χ1n) is 12.4. The molecule has 1 aliphatic carbocycles. The molecule has 1 aliphatic heterocycles. The van der Waals surface area contributed by atoms with E-state index in [0.717, 1.165) is 52.8 Å². The molecule has 8 heteroatoms. The first kappa shape index (κ1) is 23.5. The number of benzene rings is 1. The van der Waals surface area contributed by atoms with Gasteiger partial charge in [-0.2, -0.15) is 5.10 Å². The summed E-state index contributed by atoms with van der Waals surface area (Å²) in [5.41, 5.74) is 12.3. The Morgan fingerprint density at radius 3 is 2.89 bits per heavy atom. The molecule has 1 amide bonds. The highest BCUT2D eigenvalue weighted by Gasteiger charge is 2.37. The minimum absolute atomic E-state index is 0.0837. The molecule has 0 saturated heterocycles. The average Bonchev–Trinajstić information content (AvgIpc) is 3.51. The molecular formula is C29H27N5O2S. The third kappa shape index (κ3) is 4.11. The second-order valence-corrected chi connectivity index (χ2v) is 10.9. The Morgan fingerprint density at radius 1 is 1.19 bits per heavy atom. The van der Waals surface area contributed by atoms with Crippen molar-refractivity contribution in [1.82, 2.24) is 19.7 Å². The summed E-state index contributed by atoms with van der Waals surface area (Å²) < 4.78 is 7.86. The van der Waals surface area contributed by atoms with Crippen LogP contribution in [-0.2, 0) is 17.8 Å². The summed E-state index contributed by atoms with van der Waals surface area (Å²) in [7, 11) is 0. The molecule has 0 bridgehead atoms. The standard InChI is InChI=1S/C29H27N5O2S/c1-18-20(28(30)35)7-5-13-29(18,2)37-36-19-10-11-21-22(12-15-32-24(21)17-19)26-25-9-6-16-34(25)33-27(26)23-8-3-4-14-31-23/h3-5,7-8,10-15,17-18H,6,9,16H2,1-2H3,(H2,30,35). The number of amides is 1. The predicted octanol–water partition coefficient (Wildman–Crippen LogP) is 5.51. The van der Waals surface area contributed by atoms with Gasteiger partial charge in [0.1, 0.15) is 11.4 Å². The van der Waals surface area contributed by atoms with Gasteiger partial charge in [-0.15, -0.1) is 0 Å². The van der Waals surface area contributed by atoms with E-state index in [1.807, 2.05) is 62.5 Å². The fourth-order valence-electron chi connectivity index (χ4n) is 5.17. The van der Waals surface area contributed by atoms with Crippen molar-refractivity contribution < 1.29 is 8.98 Å². The Labute approximate surface area is 219 Å². The summed E-state index contributed by atoms with van der Waals surface area (Å²) in [4.78, 5) is 21.1. The quantitative estimate of drug-likeness (QED) is 0.344. The maximum absolute atomic E-state index is 11.8. The Hall–Kier alpha value is -3.91. The molecule has 0 saturated carbocycles. The van der Waals surface area contributed by atoms with Crippen molar-refractivity contribution >= 4 is 28.9 Å². The van der Waals surface area contributed by atoms with Crippen molar-refractivity contribution in [2.24, 2.45) is 11.7 Å².